The molecule has 2 heterocycles. The number of carbonyl (C=O) groups is 1. The molecule has 4 nitrogen and oxygen atoms in total. The van der Waals surface area contributed by atoms with Gasteiger partial charge in [-0.2, -0.15) is 0 Å². The molecule has 2 atom stereocenters. The number of nitrogens with one attached hydrogen (secondary N) is 1. The van der Waals surface area contributed by atoms with Gasteiger partial charge in [-0.1, -0.05) is 24.6 Å². The zero-order valence-corrected chi connectivity index (χ0v) is 12.0. The lowest BCUT2D eigenvalue weighted by Crippen LogP contribution is -2.21. The summed E-state index contributed by atoms with van der Waals surface area (Å²) in [5.74, 6) is -0.491. The summed E-state index contributed by atoms with van der Waals surface area (Å²) in [6, 6.07) is 7.85. The van der Waals surface area contributed by atoms with Gasteiger partial charge in [-0.05, 0) is 32.8 Å². The van der Waals surface area contributed by atoms with E-state index in [4.69, 9.17) is 9.47 Å². The summed E-state index contributed by atoms with van der Waals surface area (Å²) in [6.45, 7) is 3.89. The highest BCUT2D eigenvalue weighted by atomic mass is 16.7. The third-order valence-corrected chi connectivity index (χ3v) is 3.87. The van der Waals surface area contributed by atoms with Crippen LogP contribution in [0, 0.1) is 0 Å². The molecule has 1 saturated heterocycles. The molecule has 1 N–H and O–H groups in total. The first-order chi connectivity index (χ1) is 9.55. The SMILES string of the molecule is CC1(C)O[C@H]2CCCCC(=O)Nc3ccccc3[C@@H]2O1. The van der Waals surface area contributed by atoms with E-state index in [0.29, 0.717) is 6.42 Å². The summed E-state index contributed by atoms with van der Waals surface area (Å²) < 4.78 is 12.1. The largest absolute Gasteiger partial charge is 0.344 e. The minimum atomic E-state index is -0.569. The van der Waals surface area contributed by atoms with E-state index in [-0.39, 0.29) is 18.1 Å². The number of benzene rings is 1. The summed E-state index contributed by atoms with van der Waals surface area (Å²) in [5.41, 5.74) is 1.86. The fourth-order valence-electron chi connectivity index (χ4n) is 3.01. The first-order valence-electron chi connectivity index (χ1n) is 7.29. The van der Waals surface area contributed by atoms with Gasteiger partial charge in [0.1, 0.15) is 6.10 Å². The molecule has 0 saturated carbocycles. The van der Waals surface area contributed by atoms with E-state index < -0.39 is 5.79 Å². The summed E-state index contributed by atoms with van der Waals surface area (Å²) in [6.07, 6.45) is 3.31. The van der Waals surface area contributed by atoms with Gasteiger partial charge in [0.2, 0.25) is 5.91 Å². The van der Waals surface area contributed by atoms with Gasteiger partial charge in [-0.25, -0.2) is 0 Å². The Bertz CT molecular complexity index is 512. The average molecular weight is 275 g/mol. The molecule has 1 amide bonds. The lowest BCUT2D eigenvalue weighted by atomic mass is 9.97. The highest BCUT2D eigenvalue weighted by Gasteiger charge is 2.42. The van der Waals surface area contributed by atoms with Crippen LogP contribution >= 0.6 is 0 Å². The Hall–Kier alpha value is -1.39. The van der Waals surface area contributed by atoms with E-state index in [1.807, 2.05) is 38.1 Å². The van der Waals surface area contributed by atoms with Crippen LogP contribution < -0.4 is 5.32 Å². The number of para-hydroxylation sites is 1. The van der Waals surface area contributed by atoms with Crippen LogP contribution in [0.5, 0.6) is 0 Å². The van der Waals surface area contributed by atoms with Gasteiger partial charge in [-0.15, -0.1) is 0 Å². The number of rotatable bonds is 0. The number of ether oxygens (including phenoxy) is 2. The highest BCUT2D eigenvalue weighted by Crippen LogP contribution is 2.42. The molecule has 4 heteroatoms. The summed E-state index contributed by atoms with van der Waals surface area (Å²) in [5, 5.41) is 3.00. The van der Waals surface area contributed by atoms with E-state index in [2.05, 4.69) is 5.32 Å². The molecular weight excluding hydrogens is 254 g/mol. The molecule has 1 aromatic carbocycles. The van der Waals surface area contributed by atoms with E-state index in [9.17, 15) is 4.79 Å². The second kappa shape index (κ2) is 5.19. The van der Waals surface area contributed by atoms with Crippen LogP contribution in [0.1, 0.15) is 51.2 Å². The number of hydrogen-bond acceptors (Lipinski definition) is 3. The van der Waals surface area contributed by atoms with Crippen LogP contribution in [0.25, 0.3) is 0 Å². The third kappa shape index (κ3) is 2.72. The Kier molecular flexibility index (Phi) is 3.52. The van der Waals surface area contributed by atoms with Crippen molar-refractivity contribution in [2.45, 2.75) is 57.5 Å². The van der Waals surface area contributed by atoms with Crippen molar-refractivity contribution in [2.24, 2.45) is 0 Å². The van der Waals surface area contributed by atoms with Crippen molar-refractivity contribution in [3.8, 4) is 0 Å². The molecule has 20 heavy (non-hydrogen) atoms. The summed E-state index contributed by atoms with van der Waals surface area (Å²) >= 11 is 0. The van der Waals surface area contributed by atoms with Crippen molar-refractivity contribution in [3.63, 3.8) is 0 Å². The molecule has 0 radical (unpaired) electrons. The van der Waals surface area contributed by atoms with Gasteiger partial charge in [0.25, 0.3) is 0 Å². The summed E-state index contributed by atoms with van der Waals surface area (Å²) in [7, 11) is 0. The molecule has 0 spiro atoms. The zero-order chi connectivity index (χ0) is 14.2. The second-order valence-electron chi connectivity index (χ2n) is 5.98. The predicted octanol–water partition coefficient (Wildman–Crippen LogP) is 3.39. The Labute approximate surface area is 119 Å². The van der Waals surface area contributed by atoms with E-state index in [1.165, 1.54) is 0 Å². The maximum atomic E-state index is 11.9. The molecule has 1 fully saturated rings. The maximum absolute atomic E-state index is 11.9. The Morgan fingerprint density at radius 2 is 2.00 bits per heavy atom. The smallest absolute Gasteiger partial charge is 0.224 e. The molecule has 0 unspecified atom stereocenters. The minimum Gasteiger partial charge on any atom is -0.344 e. The number of anilines is 1. The zero-order valence-electron chi connectivity index (χ0n) is 12.0. The van der Waals surface area contributed by atoms with Crippen molar-refractivity contribution in [1.82, 2.24) is 0 Å². The highest BCUT2D eigenvalue weighted by molar-refractivity contribution is 5.91. The quantitative estimate of drug-likeness (QED) is 0.789. The molecular formula is C16H21NO3. The minimum absolute atomic E-state index is 0.0566. The van der Waals surface area contributed by atoms with Gasteiger partial charge in [0, 0.05) is 17.7 Å². The third-order valence-electron chi connectivity index (χ3n) is 3.87. The molecule has 1 aromatic rings. The van der Waals surface area contributed by atoms with Gasteiger partial charge in [0.15, 0.2) is 5.79 Å². The summed E-state index contributed by atoms with van der Waals surface area (Å²) in [4.78, 5) is 11.9. The first-order valence-corrected chi connectivity index (χ1v) is 7.29. The van der Waals surface area contributed by atoms with Crippen LogP contribution in [0.4, 0.5) is 5.69 Å². The van der Waals surface area contributed by atoms with Gasteiger partial charge in [-0.3, -0.25) is 4.79 Å². The molecule has 0 aromatic heterocycles. The molecule has 108 valence electrons. The molecule has 2 aliphatic heterocycles. The average Bonchev–Trinajstić information content (AvgIpc) is 2.70. The van der Waals surface area contributed by atoms with E-state index >= 15 is 0 Å². The fraction of sp³-hybridized carbons (Fsp3) is 0.562. The fourth-order valence-corrected chi connectivity index (χ4v) is 3.01. The van der Waals surface area contributed by atoms with E-state index in [1.54, 1.807) is 0 Å². The maximum Gasteiger partial charge on any atom is 0.224 e. The number of carbonyl (C=O) groups excluding carboxylic acids is 1. The number of amides is 1. The topological polar surface area (TPSA) is 47.6 Å². The Morgan fingerprint density at radius 1 is 1.20 bits per heavy atom. The molecule has 3 rings (SSSR count). The van der Waals surface area contributed by atoms with Crippen LogP contribution in [0.15, 0.2) is 24.3 Å². The van der Waals surface area contributed by atoms with Crippen LogP contribution in [0.2, 0.25) is 0 Å². The predicted molar refractivity (Wildman–Crippen MR) is 76.3 cm³/mol. The normalized spacial score (nSPS) is 29.2. The van der Waals surface area contributed by atoms with E-state index in [0.717, 1.165) is 30.5 Å². The van der Waals surface area contributed by atoms with Crippen molar-refractivity contribution >= 4 is 11.6 Å². The Morgan fingerprint density at radius 3 is 2.85 bits per heavy atom. The molecule has 0 aliphatic carbocycles. The second-order valence-corrected chi connectivity index (χ2v) is 5.98. The molecule has 0 bridgehead atoms. The van der Waals surface area contributed by atoms with Crippen molar-refractivity contribution in [2.75, 3.05) is 5.32 Å². The van der Waals surface area contributed by atoms with Gasteiger partial charge >= 0.3 is 0 Å². The molecule has 2 aliphatic rings. The lowest BCUT2D eigenvalue weighted by molar-refractivity contribution is -0.147. The number of hydrogen-bond donors (Lipinski definition) is 1. The first kappa shape index (κ1) is 13.6. The van der Waals surface area contributed by atoms with Gasteiger partial charge < -0.3 is 14.8 Å². The van der Waals surface area contributed by atoms with Gasteiger partial charge in [0.05, 0.1) is 6.10 Å². The monoisotopic (exact) mass is 275 g/mol. The standard InChI is InChI=1S/C16H21NO3/c1-16(2)19-13-9-5-6-10-14(18)17-12-8-4-3-7-11(12)15(13)20-16/h3-4,7-8,13,15H,5-6,9-10H2,1-2H3,(H,17,18)/t13-,15-/m0/s1. The Balaban J connectivity index is 1.98. The van der Waals surface area contributed by atoms with Crippen molar-refractivity contribution in [3.05, 3.63) is 29.8 Å². The van der Waals surface area contributed by atoms with Crippen LogP contribution in [-0.2, 0) is 14.3 Å². The van der Waals surface area contributed by atoms with Crippen LogP contribution in [-0.4, -0.2) is 17.8 Å². The van der Waals surface area contributed by atoms with Crippen molar-refractivity contribution in [1.29, 1.82) is 0 Å². The van der Waals surface area contributed by atoms with Crippen LogP contribution in [0.3, 0.4) is 0 Å². The van der Waals surface area contributed by atoms with Crippen molar-refractivity contribution < 1.29 is 14.3 Å². The number of fused-ring (bicyclic) bond motifs is 3. The lowest BCUT2D eigenvalue weighted by Gasteiger charge is -2.22.